The molecule has 20 heavy (non-hydrogen) atoms. The summed E-state index contributed by atoms with van der Waals surface area (Å²) in [5.74, 6) is 0.169. The quantitative estimate of drug-likeness (QED) is 0.913. The average Bonchev–Trinajstić information content (AvgIpc) is 2.31. The van der Waals surface area contributed by atoms with Gasteiger partial charge in [-0.1, -0.05) is 11.6 Å². The minimum absolute atomic E-state index is 0.187. The highest BCUT2D eigenvalue weighted by atomic mass is 35.5. The van der Waals surface area contributed by atoms with Crippen molar-refractivity contribution in [3.05, 3.63) is 56.5 Å². The third-order valence-electron chi connectivity index (χ3n) is 3.00. The predicted molar refractivity (Wildman–Crippen MR) is 77.8 cm³/mol. The van der Waals surface area contributed by atoms with Crippen molar-refractivity contribution in [3.63, 3.8) is 0 Å². The highest BCUT2D eigenvalue weighted by Crippen LogP contribution is 2.26. The van der Waals surface area contributed by atoms with Crippen molar-refractivity contribution in [1.29, 1.82) is 0 Å². The number of H-pyrrole nitrogens is 1. The second-order valence-electron chi connectivity index (χ2n) is 4.64. The van der Waals surface area contributed by atoms with Crippen molar-refractivity contribution in [1.82, 2.24) is 9.97 Å². The number of benzene rings is 1. The van der Waals surface area contributed by atoms with E-state index in [0.717, 1.165) is 0 Å². The smallest absolute Gasteiger partial charge is 0.256 e. The monoisotopic (exact) mass is 295 g/mol. The minimum atomic E-state index is -0.403. The van der Waals surface area contributed by atoms with E-state index < -0.39 is 5.82 Å². The molecule has 2 aromatic rings. The summed E-state index contributed by atoms with van der Waals surface area (Å²) in [6.07, 6.45) is 0. The lowest BCUT2D eigenvalue weighted by molar-refractivity contribution is 0.628. The van der Waals surface area contributed by atoms with Crippen molar-refractivity contribution in [2.45, 2.75) is 26.8 Å². The van der Waals surface area contributed by atoms with Gasteiger partial charge in [-0.2, -0.15) is 0 Å². The molecule has 1 aromatic heterocycles. The third-order valence-corrected chi connectivity index (χ3v) is 3.31. The zero-order chi connectivity index (χ0) is 14.9. The van der Waals surface area contributed by atoms with Crippen molar-refractivity contribution >= 4 is 17.3 Å². The van der Waals surface area contributed by atoms with Crippen LogP contribution in [-0.4, -0.2) is 9.97 Å². The molecule has 2 N–H and O–H groups in total. The molecule has 0 bridgehead atoms. The summed E-state index contributed by atoms with van der Waals surface area (Å²) in [7, 11) is 0. The lowest BCUT2D eigenvalue weighted by Gasteiger charge is -2.17. The Morgan fingerprint density at radius 1 is 1.40 bits per heavy atom. The van der Waals surface area contributed by atoms with Gasteiger partial charge in [0.05, 0.1) is 28.0 Å². The topological polar surface area (TPSA) is 57.8 Å². The third kappa shape index (κ3) is 2.99. The molecule has 1 heterocycles. The Morgan fingerprint density at radius 3 is 2.70 bits per heavy atom. The van der Waals surface area contributed by atoms with Crippen LogP contribution < -0.4 is 10.9 Å². The van der Waals surface area contributed by atoms with Crippen LogP contribution in [0.3, 0.4) is 0 Å². The number of hydrogen-bond donors (Lipinski definition) is 2. The summed E-state index contributed by atoms with van der Waals surface area (Å²) < 4.78 is 13.0. The maximum Gasteiger partial charge on any atom is 0.256 e. The fourth-order valence-corrected chi connectivity index (χ4v) is 2.38. The van der Waals surface area contributed by atoms with Crippen LogP contribution in [0, 0.1) is 19.7 Å². The molecule has 0 fully saturated rings. The highest BCUT2D eigenvalue weighted by molar-refractivity contribution is 6.33. The fraction of sp³-hybridized carbons (Fsp3) is 0.286. The van der Waals surface area contributed by atoms with Crippen LogP contribution in [0.5, 0.6) is 0 Å². The standard InChI is InChI=1S/C14H15ClFN3O/c1-7-13(14(20)19-9(3)17-7)8(2)18-12-5-4-10(16)6-11(12)15/h4-6,8,18H,1-3H3,(H,17,19,20). The Balaban J connectivity index is 2.33. The number of aryl methyl sites for hydroxylation is 2. The molecule has 0 aliphatic heterocycles. The van der Waals surface area contributed by atoms with Crippen molar-refractivity contribution in [3.8, 4) is 0 Å². The summed E-state index contributed by atoms with van der Waals surface area (Å²) in [6.45, 7) is 5.34. The van der Waals surface area contributed by atoms with Gasteiger partial charge in [-0.15, -0.1) is 0 Å². The molecule has 0 spiro atoms. The molecular formula is C14H15ClFN3O. The van der Waals surface area contributed by atoms with Crippen LogP contribution in [0.1, 0.15) is 30.0 Å². The van der Waals surface area contributed by atoms with Crippen LogP contribution in [0.4, 0.5) is 10.1 Å². The second-order valence-corrected chi connectivity index (χ2v) is 5.05. The first-order chi connectivity index (χ1) is 9.38. The van der Waals surface area contributed by atoms with E-state index in [1.807, 2.05) is 6.92 Å². The summed E-state index contributed by atoms with van der Waals surface area (Å²) in [4.78, 5) is 18.9. The molecule has 4 nitrogen and oxygen atoms in total. The number of aromatic amines is 1. The molecule has 2 rings (SSSR count). The van der Waals surface area contributed by atoms with Crippen molar-refractivity contribution < 1.29 is 4.39 Å². The van der Waals surface area contributed by atoms with Gasteiger partial charge in [-0.25, -0.2) is 9.37 Å². The van der Waals surface area contributed by atoms with Crippen LogP contribution in [-0.2, 0) is 0 Å². The number of nitrogens with zero attached hydrogens (tertiary/aromatic N) is 1. The fourth-order valence-electron chi connectivity index (χ4n) is 2.16. The van der Waals surface area contributed by atoms with E-state index in [-0.39, 0.29) is 16.6 Å². The molecule has 0 amide bonds. The lowest BCUT2D eigenvalue weighted by atomic mass is 10.1. The van der Waals surface area contributed by atoms with Gasteiger partial charge in [0.2, 0.25) is 0 Å². The van der Waals surface area contributed by atoms with Crippen LogP contribution in [0.15, 0.2) is 23.0 Å². The Labute approximate surface area is 121 Å². The molecule has 6 heteroatoms. The van der Waals surface area contributed by atoms with E-state index in [1.54, 1.807) is 19.9 Å². The van der Waals surface area contributed by atoms with Gasteiger partial charge < -0.3 is 10.3 Å². The maximum atomic E-state index is 13.0. The number of aromatic nitrogens is 2. The second kappa shape index (κ2) is 5.63. The Kier molecular flexibility index (Phi) is 4.09. The zero-order valence-corrected chi connectivity index (χ0v) is 12.2. The molecule has 1 aromatic carbocycles. The largest absolute Gasteiger partial charge is 0.377 e. The van der Waals surface area contributed by atoms with Crippen LogP contribution in [0.25, 0.3) is 0 Å². The normalized spacial score (nSPS) is 12.2. The van der Waals surface area contributed by atoms with E-state index in [9.17, 15) is 9.18 Å². The molecule has 1 unspecified atom stereocenters. The lowest BCUT2D eigenvalue weighted by Crippen LogP contribution is -2.23. The van der Waals surface area contributed by atoms with Gasteiger partial charge in [-0.3, -0.25) is 4.79 Å². The van der Waals surface area contributed by atoms with Crippen molar-refractivity contribution in [2.75, 3.05) is 5.32 Å². The number of nitrogens with one attached hydrogen (secondary N) is 2. The van der Waals surface area contributed by atoms with E-state index in [2.05, 4.69) is 15.3 Å². The predicted octanol–water partition coefficient (Wildman–Crippen LogP) is 3.35. The number of anilines is 1. The van der Waals surface area contributed by atoms with Gasteiger partial charge in [0.1, 0.15) is 11.6 Å². The summed E-state index contributed by atoms with van der Waals surface area (Å²) in [5, 5.41) is 3.37. The Bertz CT molecular complexity index is 699. The average molecular weight is 296 g/mol. The molecule has 0 aliphatic carbocycles. The summed E-state index contributed by atoms with van der Waals surface area (Å²) >= 11 is 5.96. The highest BCUT2D eigenvalue weighted by Gasteiger charge is 2.15. The minimum Gasteiger partial charge on any atom is -0.377 e. The van der Waals surface area contributed by atoms with Crippen LogP contribution in [0.2, 0.25) is 5.02 Å². The number of halogens is 2. The van der Waals surface area contributed by atoms with Gasteiger partial charge in [0.25, 0.3) is 5.56 Å². The van der Waals surface area contributed by atoms with E-state index in [1.165, 1.54) is 12.1 Å². The van der Waals surface area contributed by atoms with Gasteiger partial charge in [-0.05, 0) is 39.0 Å². The SMILES string of the molecule is Cc1nc(C)c(C(C)Nc2ccc(F)cc2Cl)c(=O)[nH]1. The summed E-state index contributed by atoms with van der Waals surface area (Å²) in [5.41, 5.74) is 1.58. The zero-order valence-electron chi connectivity index (χ0n) is 11.4. The van der Waals surface area contributed by atoms with Gasteiger partial charge in [0.15, 0.2) is 0 Å². The maximum absolute atomic E-state index is 13.0. The molecule has 0 radical (unpaired) electrons. The number of hydrogen-bond acceptors (Lipinski definition) is 3. The first-order valence-electron chi connectivity index (χ1n) is 6.17. The molecular weight excluding hydrogens is 281 g/mol. The van der Waals surface area contributed by atoms with E-state index in [0.29, 0.717) is 22.8 Å². The van der Waals surface area contributed by atoms with E-state index >= 15 is 0 Å². The first-order valence-corrected chi connectivity index (χ1v) is 6.55. The van der Waals surface area contributed by atoms with Gasteiger partial charge in [0, 0.05) is 0 Å². The molecule has 0 saturated carbocycles. The molecule has 106 valence electrons. The van der Waals surface area contributed by atoms with Crippen molar-refractivity contribution in [2.24, 2.45) is 0 Å². The summed E-state index contributed by atoms with van der Waals surface area (Å²) in [6, 6.07) is 3.78. The Morgan fingerprint density at radius 2 is 2.10 bits per heavy atom. The first kappa shape index (κ1) is 14.5. The molecule has 0 aliphatic rings. The van der Waals surface area contributed by atoms with Crippen LogP contribution >= 0.6 is 11.6 Å². The van der Waals surface area contributed by atoms with E-state index in [4.69, 9.17) is 11.6 Å². The number of rotatable bonds is 3. The van der Waals surface area contributed by atoms with Gasteiger partial charge >= 0.3 is 0 Å². The molecule has 1 atom stereocenters. The molecule has 0 saturated heterocycles. The Hall–Kier alpha value is -1.88.